The minimum atomic E-state index is -0.570. The molecule has 6 nitrogen and oxygen atoms in total. The Hall–Kier alpha value is -1.73. The van der Waals surface area contributed by atoms with Crippen LogP contribution in [-0.4, -0.2) is 63.4 Å². The minimum absolute atomic E-state index is 0.365. The van der Waals surface area contributed by atoms with Gasteiger partial charge in [0.05, 0.1) is 46.2 Å². The van der Waals surface area contributed by atoms with E-state index in [0.29, 0.717) is 52.9 Å². The molecule has 1 fully saturated rings. The molecule has 1 aromatic carbocycles. The molecule has 1 aliphatic heterocycles. The number of para-hydroxylation sites is 1. The van der Waals surface area contributed by atoms with Crippen molar-refractivity contribution in [2.45, 2.75) is 12.5 Å². The number of aromatic nitrogens is 1. The van der Waals surface area contributed by atoms with Gasteiger partial charge in [0.15, 0.2) is 0 Å². The van der Waals surface area contributed by atoms with E-state index in [0.717, 1.165) is 16.7 Å². The van der Waals surface area contributed by atoms with Crippen molar-refractivity contribution >= 4 is 10.9 Å². The van der Waals surface area contributed by atoms with Gasteiger partial charge in [-0.25, -0.2) is 0 Å². The van der Waals surface area contributed by atoms with E-state index in [1.165, 1.54) is 0 Å². The van der Waals surface area contributed by atoms with Gasteiger partial charge in [-0.3, -0.25) is 4.98 Å². The quantitative estimate of drug-likeness (QED) is 0.850. The van der Waals surface area contributed by atoms with Gasteiger partial charge in [0.25, 0.3) is 0 Å². The fourth-order valence-electron chi connectivity index (χ4n) is 2.62. The van der Waals surface area contributed by atoms with Crippen LogP contribution in [0.4, 0.5) is 0 Å². The minimum Gasteiger partial charge on any atom is -0.488 e. The van der Waals surface area contributed by atoms with Crippen LogP contribution in [0.5, 0.6) is 5.75 Å². The molecule has 0 saturated carbocycles. The van der Waals surface area contributed by atoms with Crippen LogP contribution in [-0.2, 0) is 18.9 Å². The zero-order valence-corrected chi connectivity index (χ0v) is 14.6. The fourth-order valence-corrected chi connectivity index (χ4v) is 2.62. The summed E-state index contributed by atoms with van der Waals surface area (Å²) in [6.45, 7) is 6.00. The van der Waals surface area contributed by atoms with Gasteiger partial charge >= 0.3 is 0 Å². The van der Waals surface area contributed by atoms with Gasteiger partial charge in [-0.15, -0.1) is 0 Å². The Kier molecular flexibility index (Phi) is 6.58. The lowest BCUT2D eigenvalue weighted by Crippen LogP contribution is -2.42. The van der Waals surface area contributed by atoms with Crippen LogP contribution in [0.15, 0.2) is 36.5 Å². The summed E-state index contributed by atoms with van der Waals surface area (Å²) in [5, 5.41) is 1.05. The molecule has 6 heteroatoms. The number of benzene rings is 1. The largest absolute Gasteiger partial charge is 0.488 e. The number of rotatable bonds is 3. The Morgan fingerprint density at radius 3 is 2.52 bits per heavy atom. The molecule has 0 N–H and O–H groups in total. The second kappa shape index (κ2) is 9.10. The van der Waals surface area contributed by atoms with Gasteiger partial charge < -0.3 is 23.7 Å². The third-order valence-electron chi connectivity index (χ3n) is 3.96. The predicted molar refractivity (Wildman–Crippen MR) is 94.1 cm³/mol. The molecular weight excluding hydrogens is 322 g/mol. The van der Waals surface area contributed by atoms with E-state index in [1.807, 2.05) is 37.3 Å². The molecule has 0 aliphatic carbocycles. The van der Waals surface area contributed by atoms with E-state index in [2.05, 4.69) is 4.98 Å². The monoisotopic (exact) mass is 347 g/mol. The molecule has 1 saturated heterocycles. The Balaban J connectivity index is 1.65. The number of nitrogens with zero attached hydrogens (tertiary/aromatic N) is 1. The van der Waals surface area contributed by atoms with E-state index >= 15 is 0 Å². The number of hydrogen-bond acceptors (Lipinski definition) is 6. The highest BCUT2D eigenvalue weighted by Gasteiger charge is 2.27. The van der Waals surface area contributed by atoms with Crippen molar-refractivity contribution in [2.75, 3.05) is 52.9 Å². The van der Waals surface area contributed by atoms with Crippen LogP contribution in [0, 0.1) is 0 Å². The highest BCUT2D eigenvalue weighted by atomic mass is 16.6. The first-order valence-corrected chi connectivity index (χ1v) is 8.61. The molecule has 136 valence electrons. The van der Waals surface area contributed by atoms with Crippen molar-refractivity contribution in [2.24, 2.45) is 0 Å². The summed E-state index contributed by atoms with van der Waals surface area (Å²) >= 11 is 0. The first kappa shape index (κ1) is 18.1. The molecule has 1 aromatic heterocycles. The summed E-state index contributed by atoms with van der Waals surface area (Å²) < 4.78 is 28.7. The van der Waals surface area contributed by atoms with E-state index in [4.69, 9.17) is 23.7 Å². The normalized spacial score (nSPS) is 23.6. The average Bonchev–Trinajstić information content (AvgIpc) is 2.63. The third-order valence-corrected chi connectivity index (χ3v) is 3.96. The third kappa shape index (κ3) is 5.37. The van der Waals surface area contributed by atoms with Gasteiger partial charge in [0.2, 0.25) is 0 Å². The van der Waals surface area contributed by atoms with Crippen molar-refractivity contribution < 1.29 is 23.7 Å². The Bertz CT molecular complexity index is 646. The molecule has 2 aromatic rings. The Morgan fingerprint density at radius 1 is 0.960 bits per heavy atom. The van der Waals surface area contributed by atoms with Gasteiger partial charge in [-0.1, -0.05) is 18.2 Å². The maximum absolute atomic E-state index is 6.05. The average molecular weight is 347 g/mol. The van der Waals surface area contributed by atoms with Crippen LogP contribution < -0.4 is 4.74 Å². The predicted octanol–water partition coefficient (Wildman–Crippen LogP) is 2.45. The van der Waals surface area contributed by atoms with Crippen LogP contribution in [0.3, 0.4) is 0 Å². The number of pyridine rings is 1. The number of ether oxygens (including phenoxy) is 5. The summed E-state index contributed by atoms with van der Waals surface area (Å²) in [6.07, 6.45) is 1.77. The lowest BCUT2D eigenvalue weighted by atomic mass is 10.1. The van der Waals surface area contributed by atoms with Crippen LogP contribution in [0.1, 0.15) is 6.92 Å². The molecule has 0 radical (unpaired) electrons. The number of hydrogen-bond donors (Lipinski definition) is 0. The highest BCUT2D eigenvalue weighted by molar-refractivity contribution is 5.84. The Morgan fingerprint density at radius 2 is 1.68 bits per heavy atom. The maximum atomic E-state index is 6.05. The molecule has 2 heterocycles. The topological polar surface area (TPSA) is 59.0 Å². The molecule has 0 amide bonds. The lowest BCUT2D eigenvalue weighted by molar-refractivity contribution is -0.129. The fraction of sp³-hybridized carbons (Fsp3) is 0.526. The van der Waals surface area contributed by atoms with Gasteiger partial charge in [-0.05, 0) is 19.1 Å². The summed E-state index contributed by atoms with van der Waals surface area (Å²) in [5.74, 6) is 0.744. The zero-order chi connectivity index (χ0) is 17.4. The van der Waals surface area contributed by atoms with E-state index < -0.39 is 5.60 Å². The molecular formula is C19H25NO5. The van der Waals surface area contributed by atoms with Gasteiger partial charge in [0.1, 0.15) is 23.5 Å². The number of fused-ring (bicyclic) bond motifs is 1. The second-order valence-corrected chi connectivity index (χ2v) is 6.20. The van der Waals surface area contributed by atoms with Crippen molar-refractivity contribution in [1.29, 1.82) is 0 Å². The van der Waals surface area contributed by atoms with E-state index in [9.17, 15) is 0 Å². The smallest absolute Gasteiger partial charge is 0.145 e. The van der Waals surface area contributed by atoms with Crippen molar-refractivity contribution in [3.05, 3.63) is 36.5 Å². The summed E-state index contributed by atoms with van der Waals surface area (Å²) in [6, 6.07) is 9.84. The first-order valence-electron chi connectivity index (χ1n) is 8.61. The second-order valence-electron chi connectivity index (χ2n) is 6.20. The molecule has 0 spiro atoms. The van der Waals surface area contributed by atoms with Crippen LogP contribution >= 0.6 is 0 Å². The van der Waals surface area contributed by atoms with Crippen LogP contribution in [0.2, 0.25) is 0 Å². The molecule has 25 heavy (non-hydrogen) atoms. The van der Waals surface area contributed by atoms with Gasteiger partial charge in [0, 0.05) is 11.6 Å². The standard InChI is InChI=1S/C19H25NO5/c1-19(14-23-11-10-21-8-9-22-12-13-25-19)15-24-17-6-2-4-16-5-3-7-20-18(16)17/h2-7H,8-15H2,1H3. The van der Waals surface area contributed by atoms with Crippen molar-refractivity contribution in [3.8, 4) is 5.75 Å². The summed E-state index contributed by atoms with van der Waals surface area (Å²) in [4.78, 5) is 4.42. The molecule has 1 unspecified atom stereocenters. The summed E-state index contributed by atoms with van der Waals surface area (Å²) in [5.41, 5.74) is 0.277. The Labute approximate surface area is 148 Å². The van der Waals surface area contributed by atoms with Crippen molar-refractivity contribution in [3.63, 3.8) is 0 Å². The SMILES string of the molecule is CC1(COc2cccc3cccnc23)COCCOCCOCCO1. The lowest BCUT2D eigenvalue weighted by Gasteiger charge is -2.30. The molecule has 1 aliphatic rings. The van der Waals surface area contributed by atoms with Crippen molar-refractivity contribution in [1.82, 2.24) is 4.98 Å². The van der Waals surface area contributed by atoms with E-state index in [-0.39, 0.29) is 0 Å². The first-order chi connectivity index (χ1) is 12.3. The zero-order valence-electron chi connectivity index (χ0n) is 14.6. The highest BCUT2D eigenvalue weighted by Crippen LogP contribution is 2.24. The maximum Gasteiger partial charge on any atom is 0.145 e. The van der Waals surface area contributed by atoms with Crippen LogP contribution in [0.25, 0.3) is 10.9 Å². The van der Waals surface area contributed by atoms with Gasteiger partial charge in [-0.2, -0.15) is 0 Å². The molecule has 3 rings (SSSR count). The summed E-state index contributed by atoms with van der Waals surface area (Å²) in [7, 11) is 0. The molecule has 0 bridgehead atoms. The van der Waals surface area contributed by atoms with E-state index in [1.54, 1.807) is 6.20 Å². The molecule has 1 atom stereocenters.